The van der Waals surface area contributed by atoms with Crippen molar-refractivity contribution in [2.75, 3.05) is 26.2 Å². The van der Waals surface area contributed by atoms with Crippen LogP contribution in [-0.4, -0.2) is 47.5 Å². The molecule has 1 saturated heterocycles. The van der Waals surface area contributed by atoms with Crippen molar-refractivity contribution in [3.63, 3.8) is 0 Å². The van der Waals surface area contributed by atoms with Gasteiger partial charge in [-0.1, -0.05) is 19.8 Å². The Morgan fingerprint density at radius 1 is 1.20 bits per heavy atom. The minimum Gasteiger partial charge on any atom is -0.396 e. The molecule has 0 amide bonds. The van der Waals surface area contributed by atoms with E-state index in [1.54, 1.807) is 0 Å². The Labute approximate surface area is 93.1 Å². The van der Waals surface area contributed by atoms with Crippen molar-refractivity contribution in [1.82, 2.24) is 4.90 Å². The van der Waals surface area contributed by atoms with Crippen molar-refractivity contribution in [3.8, 4) is 0 Å². The van der Waals surface area contributed by atoms with Gasteiger partial charge in [-0.2, -0.15) is 0 Å². The van der Waals surface area contributed by atoms with Crippen LogP contribution in [0.3, 0.4) is 0 Å². The summed E-state index contributed by atoms with van der Waals surface area (Å²) >= 11 is 0. The molecule has 0 aromatic heterocycles. The molecule has 2 atom stereocenters. The van der Waals surface area contributed by atoms with Crippen LogP contribution in [0.5, 0.6) is 0 Å². The lowest BCUT2D eigenvalue weighted by molar-refractivity contribution is 0.0345. The minimum absolute atomic E-state index is 0.0874. The second-order valence-corrected chi connectivity index (χ2v) is 4.77. The van der Waals surface area contributed by atoms with E-state index in [2.05, 4.69) is 11.8 Å². The van der Waals surface area contributed by atoms with Crippen molar-refractivity contribution in [1.29, 1.82) is 0 Å². The second-order valence-electron chi connectivity index (χ2n) is 4.77. The van der Waals surface area contributed by atoms with E-state index in [1.165, 1.54) is 12.8 Å². The van der Waals surface area contributed by atoms with E-state index in [1.807, 2.05) is 0 Å². The van der Waals surface area contributed by atoms with Gasteiger partial charge in [0.15, 0.2) is 0 Å². The van der Waals surface area contributed by atoms with Gasteiger partial charge in [-0.05, 0) is 31.7 Å². The highest BCUT2D eigenvalue weighted by Crippen LogP contribution is 2.16. The van der Waals surface area contributed by atoms with Crippen LogP contribution in [0.2, 0.25) is 0 Å². The van der Waals surface area contributed by atoms with Crippen molar-refractivity contribution in [2.24, 2.45) is 5.92 Å². The van der Waals surface area contributed by atoms with Gasteiger partial charge in [0.1, 0.15) is 0 Å². The van der Waals surface area contributed by atoms with Crippen LogP contribution in [0.25, 0.3) is 0 Å². The Kier molecular flexibility index (Phi) is 6.22. The lowest BCUT2D eigenvalue weighted by Crippen LogP contribution is -2.42. The van der Waals surface area contributed by atoms with E-state index in [0.717, 1.165) is 38.9 Å². The summed E-state index contributed by atoms with van der Waals surface area (Å²) in [7, 11) is 0. The summed E-state index contributed by atoms with van der Waals surface area (Å²) in [6.45, 7) is 5.70. The van der Waals surface area contributed by atoms with E-state index < -0.39 is 0 Å². The summed E-state index contributed by atoms with van der Waals surface area (Å²) in [5.41, 5.74) is 0. The SMILES string of the molecule is CC1CN(CCCCCCO)CCC1O. The standard InChI is InChI=1S/C12H25NO2/c1-11-10-13(8-6-12(11)15)7-4-2-3-5-9-14/h11-12,14-15H,2-10H2,1H3. The molecule has 90 valence electrons. The molecular formula is C12H25NO2. The fourth-order valence-electron chi connectivity index (χ4n) is 2.22. The highest BCUT2D eigenvalue weighted by molar-refractivity contribution is 4.76. The number of aliphatic hydroxyl groups is 2. The Balaban J connectivity index is 2.02. The average Bonchev–Trinajstić information content (AvgIpc) is 2.23. The lowest BCUT2D eigenvalue weighted by Gasteiger charge is -2.34. The van der Waals surface area contributed by atoms with Gasteiger partial charge in [-0.15, -0.1) is 0 Å². The van der Waals surface area contributed by atoms with Gasteiger partial charge in [-0.25, -0.2) is 0 Å². The van der Waals surface area contributed by atoms with E-state index in [4.69, 9.17) is 5.11 Å². The van der Waals surface area contributed by atoms with Gasteiger partial charge >= 0.3 is 0 Å². The van der Waals surface area contributed by atoms with Gasteiger partial charge in [0.2, 0.25) is 0 Å². The molecule has 1 aliphatic heterocycles. The number of rotatable bonds is 6. The maximum Gasteiger partial charge on any atom is 0.0590 e. The molecule has 3 heteroatoms. The number of nitrogens with zero attached hydrogens (tertiary/aromatic N) is 1. The quantitative estimate of drug-likeness (QED) is 0.655. The fraction of sp³-hybridized carbons (Fsp3) is 1.00. The molecule has 0 radical (unpaired) electrons. The Hall–Kier alpha value is -0.120. The topological polar surface area (TPSA) is 43.7 Å². The van der Waals surface area contributed by atoms with Crippen LogP contribution >= 0.6 is 0 Å². The summed E-state index contributed by atoms with van der Waals surface area (Å²) in [5, 5.41) is 18.2. The smallest absolute Gasteiger partial charge is 0.0590 e. The summed E-state index contributed by atoms with van der Waals surface area (Å²) in [4.78, 5) is 2.45. The number of likely N-dealkylation sites (tertiary alicyclic amines) is 1. The summed E-state index contributed by atoms with van der Waals surface area (Å²) in [6.07, 6.45) is 5.36. The fourth-order valence-corrected chi connectivity index (χ4v) is 2.22. The minimum atomic E-state index is -0.0874. The first-order valence-corrected chi connectivity index (χ1v) is 6.25. The highest BCUT2D eigenvalue weighted by Gasteiger charge is 2.23. The van der Waals surface area contributed by atoms with Gasteiger partial charge < -0.3 is 15.1 Å². The number of hydrogen-bond donors (Lipinski definition) is 2. The number of aliphatic hydroxyl groups excluding tert-OH is 2. The van der Waals surface area contributed by atoms with Crippen molar-refractivity contribution >= 4 is 0 Å². The highest BCUT2D eigenvalue weighted by atomic mass is 16.3. The Morgan fingerprint density at radius 3 is 2.60 bits per heavy atom. The first kappa shape index (κ1) is 12.9. The molecule has 1 fully saturated rings. The molecule has 0 aromatic rings. The van der Waals surface area contributed by atoms with Crippen molar-refractivity contribution in [2.45, 2.75) is 45.1 Å². The molecule has 3 nitrogen and oxygen atoms in total. The predicted molar refractivity (Wildman–Crippen MR) is 61.8 cm³/mol. The van der Waals surface area contributed by atoms with Crippen LogP contribution < -0.4 is 0 Å². The zero-order valence-electron chi connectivity index (χ0n) is 9.86. The molecular weight excluding hydrogens is 190 g/mol. The van der Waals surface area contributed by atoms with Crippen LogP contribution in [0.4, 0.5) is 0 Å². The third-order valence-corrected chi connectivity index (χ3v) is 3.33. The monoisotopic (exact) mass is 215 g/mol. The van der Waals surface area contributed by atoms with Gasteiger partial charge in [0, 0.05) is 19.7 Å². The van der Waals surface area contributed by atoms with E-state index in [-0.39, 0.29) is 6.10 Å². The first-order chi connectivity index (χ1) is 7.24. The van der Waals surface area contributed by atoms with E-state index in [0.29, 0.717) is 12.5 Å². The zero-order chi connectivity index (χ0) is 11.1. The van der Waals surface area contributed by atoms with Crippen molar-refractivity contribution < 1.29 is 10.2 Å². The predicted octanol–water partition coefficient (Wildman–Crippen LogP) is 1.24. The molecule has 1 aliphatic rings. The third-order valence-electron chi connectivity index (χ3n) is 3.33. The molecule has 0 saturated carbocycles. The molecule has 0 spiro atoms. The van der Waals surface area contributed by atoms with Gasteiger partial charge in [-0.3, -0.25) is 0 Å². The molecule has 15 heavy (non-hydrogen) atoms. The molecule has 0 bridgehead atoms. The average molecular weight is 215 g/mol. The summed E-state index contributed by atoms with van der Waals surface area (Å²) < 4.78 is 0. The number of hydrogen-bond acceptors (Lipinski definition) is 3. The molecule has 0 aromatic carbocycles. The Morgan fingerprint density at radius 2 is 1.93 bits per heavy atom. The summed E-state index contributed by atoms with van der Waals surface area (Å²) in [5.74, 6) is 0.427. The molecule has 2 N–H and O–H groups in total. The van der Waals surface area contributed by atoms with Crippen molar-refractivity contribution in [3.05, 3.63) is 0 Å². The molecule has 2 unspecified atom stereocenters. The van der Waals surface area contributed by atoms with Crippen LogP contribution in [0, 0.1) is 5.92 Å². The lowest BCUT2D eigenvalue weighted by atomic mass is 9.96. The van der Waals surface area contributed by atoms with E-state index >= 15 is 0 Å². The van der Waals surface area contributed by atoms with Crippen LogP contribution in [0.1, 0.15) is 39.0 Å². The summed E-state index contributed by atoms with van der Waals surface area (Å²) in [6, 6.07) is 0. The largest absolute Gasteiger partial charge is 0.396 e. The van der Waals surface area contributed by atoms with Crippen LogP contribution in [-0.2, 0) is 0 Å². The van der Waals surface area contributed by atoms with Gasteiger partial charge in [0.25, 0.3) is 0 Å². The van der Waals surface area contributed by atoms with Gasteiger partial charge in [0.05, 0.1) is 6.10 Å². The van der Waals surface area contributed by atoms with Crippen LogP contribution in [0.15, 0.2) is 0 Å². The number of piperidine rings is 1. The normalized spacial score (nSPS) is 28.2. The maximum absolute atomic E-state index is 9.58. The third kappa shape index (κ3) is 4.96. The van der Waals surface area contributed by atoms with E-state index in [9.17, 15) is 5.11 Å². The Bertz CT molecular complexity index is 164. The molecule has 1 rings (SSSR count). The zero-order valence-corrected chi connectivity index (χ0v) is 9.86. The number of unbranched alkanes of at least 4 members (excludes halogenated alkanes) is 3. The molecule has 0 aliphatic carbocycles. The maximum atomic E-state index is 9.58. The second kappa shape index (κ2) is 7.20. The molecule has 1 heterocycles. The first-order valence-electron chi connectivity index (χ1n) is 6.25.